The summed E-state index contributed by atoms with van der Waals surface area (Å²) in [6.07, 6.45) is 2.32. The van der Waals surface area contributed by atoms with Gasteiger partial charge in [-0.25, -0.2) is 4.98 Å². The van der Waals surface area contributed by atoms with Crippen LogP contribution in [0, 0.1) is 0 Å². The molecule has 0 saturated heterocycles. The minimum Gasteiger partial charge on any atom is -0.397 e. The van der Waals surface area contributed by atoms with Crippen LogP contribution < -0.4 is 5.73 Å². The van der Waals surface area contributed by atoms with Crippen LogP contribution in [0.4, 0.5) is 5.69 Å². The van der Waals surface area contributed by atoms with Crippen LogP contribution in [0.5, 0.6) is 0 Å². The fourth-order valence-corrected chi connectivity index (χ4v) is 3.03. The third kappa shape index (κ3) is 2.12. The molecule has 3 rings (SSSR count). The predicted octanol–water partition coefficient (Wildman–Crippen LogP) is 4.15. The second-order valence-electron chi connectivity index (χ2n) is 4.63. The monoisotopic (exact) mass is 271 g/mol. The zero-order chi connectivity index (χ0) is 13.2. The van der Waals surface area contributed by atoms with Crippen LogP contribution >= 0.6 is 11.3 Å². The van der Waals surface area contributed by atoms with Gasteiger partial charge in [0.1, 0.15) is 5.52 Å². The number of benzene rings is 1. The summed E-state index contributed by atoms with van der Waals surface area (Å²) < 4.78 is 2.29. The summed E-state index contributed by atoms with van der Waals surface area (Å²) in [6, 6.07) is 10.2. The summed E-state index contributed by atoms with van der Waals surface area (Å²) in [5.74, 6) is 1.04. The zero-order valence-electron chi connectivity index (χ0n) is 11.0. The van der Waals surface area contributed by atoms with E-state index in [1.165, 1.54) is 11.3 Å². The van der Waals surface area contributed by atoms with Crippen molar-refractivity contribution >= 4 is 28.1 Å². The Morgan fingerprint density at radius 2 is 2.16 bits per heavy atom. The molecule has 0 fully saturated rings. The molecule has 0 saturated carbocycles. The number of hydrogen-bond donors (Lipinski definition) is 1. The van der Waals surface area contributed by atoms with Crippen molar-refractivity contribution in [3.8, 4) is 10.7 Å². The first kappa shape index (κ1) is 12.2. The summed E-state index contributed by atoms with van der Waals surface area (Å²) in [5, 5.41) is 2.09. The molecular formula is C15H17N3S. The number of nitrogens with two attached hydrogens (primary N) is 1. The van der Waals surface area contributed by atoms with Crippen molar-refractivity contribution in [2.75, 3.05) is 5.73 Å². The third-order valence-electron chi connectivity index (χ3n) is 3.29. The van der Waals surface area contributed by atoms with Crippen molar-refractivity contribution in [3.05, 3.63) is 35.7 Å². The predicted molar refractivity (Wildman–Crippen MR) is 82.4 cm³/mol. The van der Waals surface area contributed by atoms with Crippen molar-refractivity contribution in [2.45, 2.75) is 26.3 Å². The smallest absolute Gasteiger partial charge is 0.151 e. The molecule has 3 nitrogen and oxygen atoms in total. The van der Waals surface area contributed by atoms with Gasteiger partial charge in [-0.1, -0.05) is 25.5 Å². The van der Waals surface area contributed by atoms with Crippen LogP contribution in [0.2, 0.25) is 0 Å². The molecule has 2 heterocycles. The van der Waals surface area contributed by atoms with E-state index in [9.17, 15) is 0 Å². The van der Waals surface area contributed by atoms with Gasteiger partial charge in [0.25, 0.3) is 0 Å². The molecule has 2 N–H and O–H groups in total. The topological polar surface area (TPSA) is 43.8 Å². The van der Waals surface area contributed by atoms with Crippen molar-refractivity contribution in [1.29, 1.82) is 0 Å². The largest absolute Gasteiger partial charge is 0.397 e. The van der Waals surface area contributed by atoms with E-state index in [0.717, 1.165) is 35.5 Å². The second-order valence-corrected chi connectivity index (χ2v) is 5.58. The number of nitrogens with zero attached hydrogens (tertiary/aromatic N) is 2. The van der Waals surface area contributed by atoms with Gasteiger partial charge in [0.15, 0.2) is 5.82 Å². The van der Waals surface area contributed by atoms with Crippen molar-refractivity contribution < 1.29 is 0 Å². The third-order valence-corrected chi connectivity index (χ3v) is 4.15. The molecule has 19 heavy (non-hydrogen) atoms. The van der Waals surface area contributed by atoms with Gasteiger partial charge in [0.2, 0.25) is 0 Å². The number of nitrogen functional groups attached to an aromatic ring is 1. The quantitative estimate of drug-likeness (QED) is 0.724. The number of thiophene rings is 1. The summed E-state index contributed by atoms with van der Waals surface area (Å²) in [7, 11) is 0. The molecule has 4 heteroatoms. The van der Waals surface area contributed by atoms with Gasteiger partial charge in [0.05, 0.1) is 16.1 Å². The lowest BCUT2D eigenvalue weighted by molar-refractivity contribution is 0.651. The normalized spacial score (nSPS) is 11.2. The highest BCUT2D eigenvalue weighted by atomic mass is 32.1. The van der Waals surface area contributed by atoms with E-state index >= 15 is 0 Å². The van der Waals surface area contributed by atoms with Crippen LogP contribution in [-0.2, 0) is 6.54 Å². The highest BCUT2D eigenvalue weighted by Gasteiger charge is 2.14. The first-order chi connectivity index (χ1) is 9.31. The zero-order valence-corrected chi connectivity index (χ0v) is 11.8. The number of aryl methyl sites for hydroxylation is 1. The van der Waals surface area contributed by atoms with Gasteiger partial charge in [-0.2, -0.15) is 0 Å². The van der Waals surface area contributed by atoms with Gasteiger partial charge in [-0.15, -0.1) is 11.3 Å². The fourth-order valence-electron chi connectivity index (χ4n) is 2.31. The van der Waals surface area contributed by atoms with Crippen LogP contribution in [0.3, 0.4) is 0 Å². The molecule has 2 aromatic heterocycles. The Kier molecular flexibility index (Phi) is 3.25. The van der Waals surface area contributed by atoms with Crippen LogP contribution in [-0.4, -0.2) is 9.55 Å². The molecule has 0 atom stereocenters. The summed E-state index contributed by atoms with van der Waals surface area (Å²) in [6.45, 7) is 3.20. The summed E-state index contributed by atoms with van der Waals surface area (Å²) in [4.78, 5) is 5.96. The molecule has 0 radical (unpaired) electrons. The Morgan fingerprint density at radius 3 is 2.89 bits per heavy atom. The van der Waals surface area contributed by atoms with E-state index in [1.807, 2.05) is 12.1 Å². The van der Waals surface area contributed by atoms with Gasteiger partial charge < -0.3 is 10.3 Å². The van der Waals surface area contributed by atoms with Crippen LogP contribution in [0.1, 0.15) is 19.8 Å². The lowest BCUT2D eigenvalue weighted by atomic mass is 10.2. The van der Waals surface area contributed by atoms with Crippen molar-refractivity contribution in [1.82, 2.24) is 9.55 Å². The number of rotatable bonds is 4. The molecule has 0 aliphatic carbocycles. The maximum Gasteiger partial charge on any atom is 0.151 e. The van der Waals surface area contributed by atoms with E-state index in [4.69, 9.17) is 10.7 Å². The average molecular weight is 271 g/mol. The van der Waals surface area contributed by atoms with Crippen molar-refractivity contribution in [3.63, 3.8) is 0 Å². The second kappa shape index (κ2) is 5.05. The van der Waals surface area contributed by atoms with Crippen molar-refractivity contribution in [2.24, 2.45) is 0 Å². The minimum absolute atomic E-state index is 0.755. The Bertz CT molecular complexity index is 683. The Labute approximate surface area is 116 Å². The molecule has 0 bridgehead atoms. The number of imidazole rings is 1. The maximum atomic E-state index is 6.05. The number of anilines is 1. The SMILES string of the molecule is CCCCn1c(-c2cccs2)nc2c(N)cccc21. The first-order valence-corrected chi connectivity index (χ1v) is 7.48. The lowest BCUT2D eigenvalue weighted by Crippen LogP contribution is -1.99. The lowest BCUT2D eigenvalue weighted by Gasteiger charge is -2.07. The molecule has 3 aromatic rings. The van der Waals surface area contributed by atoms with E-state index in [2.05, 4.69) is 35.1 Å². The van der Waals surface area contributed by atoms with E-state index in [0.29, 0.717) is 0 Å². The van der Waals surface area contributed by atoms with E-state index < -0.39 is 0 Å². The number of hydrogen-bond acceptors (Lipinski definition) is 3. The summed E-state index contributed by atoms with van der Waals surface area (Å²) in [5.41, 5.74) is 8.86. The average Bonchev–Trinajstić information content (AvgIpc) is 3.04. The highest BCUT2D eigenvalue weighted by molar-refractivity contribution is 7.13. The van der Waals surface area contributed by atoms with Crippen LogP contribution in [0.15, 0.2) is 35.7 Å². The van der Waals surface area contributed by atoms with Gasteiger partial charge in [-0.05, 0) is 30.0 Å². The Morgan fingerprint density at radius 1 is 1.26 bits per heavy atom. The molecule has 0 amide bonds. The fraction of sp³-hybridized carbons (Fsp3) is 0.267. The van der Waals surface area contributed by atoms with Gasteiger partial charge >= 0.3 is 0 Å². The highest BCUT2D eigenvalue weighted by Crippen LogP contribution is 2.30. The molecule has 1 aromatic carbocycles. The molecule has 98 valence electrons. The maximum absolute atomic E-state index is 6.05. The first-order valence-electron chi connectivity index (χ1n) is 6.60. The van der Waals surface area contributed by atoms with E-state index in [1.54, 1.807) is 11.3 Å². The molecule has 0 spiro atoms. The summed E-state index contributed by atoms with van der Waals surface area (Å²) >= 11 is 1.72. The Balaban J connectivity index is 2.22. The number of unbranched alkanes of at least 4 members (excludes halogenated alkanes) is 1. The number of aromatic nitrogens is 2. The number of fused-ring (bicyclic) bond motifs is 1. The minimum atomic E-state index is 0.755. The molecule has 0 aliphatic heterocycles. The molecule has 0 aliphatic rings. The molecule has 0 unspecified atom stereocenters. The Hall–Kier alpha value is -1.81. The van der Waals surface area contributed by atoms with Gasteiger partial charge in [0, 0.05) is 6.54 Å². The van der Waals surface area contributed by atoms with Gasteiger partial charge in [-0.3, -0.25) is 0 Å². The van der Waals surface area contributed by atoms with E-state index in [-0.39, 0.29) is 0 Å². The van der Waals surface area contributed by atoms with Crippen LogP contribution in [0.25, 0.3) is 21.7 Å². The number of para-hydroxylation sites is 1. The standard InChI is InChI=1S/C15H17N3S/c1-2-3-9-18-12-7-4-6-11(16)14(12)17-15(18)13-8-5-10-19-13/h4-8,10H,2-3,9,16H2,1H3. The molecular weight excluding hydrogens is 254 g/mol.